The van der Waals surface area contributed by atoms with Gasteiger partial charge in [0.25, 0.3) is 11.5 Å². The second kappa shape index (κ2) is 11.6. The van der Waals surface area contributed by atoms with Crippen molar-refractivity contribution >= 4 is 16.8 Å². The van der Waals surface area contributed by atoms with Crippen LogP contribution in [0.3, 0.4) is 0 Å². The molecule has 0 radical (unpaired) electrons. The molecule has 1 amide bonds. The average molecular weight is 590 g/mol. The molecule has 1 heterocycles. The van der Waals surface area contributed by atoms with Crippen molar-refractivity contribution in [2.75, 3.05) is 6.54 Å². The van der Waals surface area contributed by atoms with Crippen molar-refractivity contribution in [3.63, 3.8) is 0 Å². The van der Waals surface area contributed by atoms with E-state index in [1.165, 1.54) is 4.57 Å². The minimum absolute atomic E-state index is 0.0183. The van der Waals surface area contributed by atoms with Crippen LogP contribution in [-0.2, 0) is 18.8 Å². The number of nitrogens with zero attached hydrogens (tertiary/aromatic N) is 3. The summed E-state index contributed by atoms with van der Waals surface area (Å²) in [5.74, 6) is -1.17. The summed E-state index contributed by atoms with van der Waals surface area (Å²) in [6, 6.07) is 13.5. The molecule has 0 aliphatic rings. The highest BCUT2D eigenvalue weighted by Gasteiger charge is 2.38. The van der Waals surface area contributed by atoms with Gasteiger partial charge in [-0.2, -0.15) is 26.3 Å². The number of carbonyl (C=O) groups is 1. The van der Waals surface area contributed by atoms with Crippen LogP contribution in [0.5, 0.6) is 0 Å². The van der Waals surface area contributed by atoms with Crippen LogP contribution in [0.15, 0.2) is 71.5 Å². The Morgan fingerprint density at radius 2 is 1.45 bits per heavy atom. The van der Waals surface area contributed by atoms with Crippen LogP contribution in [0.2, 0.25) is 0 Å². The Balaban J connectivity index is 1.93. The van der Waals surface area contributed by atoms with Gasteiger partial charge in [0.05, 0.1) is 33.8 Å². The number of rotatable bonds is 7. The van der Waals surface area contributed by atoms with Crippen LogP contribution in [0, 0.1) is 5.92 Å². The molecule has 0 N–H and O–H groups in total. The molecule has 42 heavy (non-hydrogen) atoms. The molecule has 1 aromatic heterocycles. The van der Waals surface area contributed by atoms with Crippen LogP contribution in [0.1, 0.15) is 66.6 Å². The SMILES string of the molecule is CCc1ccc(-n2c(C(C)N(CC(C)C)C(=O)c3cc(C(F)(F)F)cc(C(F)(F)F)c3)nc3ccccc3c2=O)cc1. The first kappa shape index (κ1) is 30.8. The maximum atomic E-state index is 13.8. The third-order valence-electron chi connectivity index (χ3n) is 6.90. The number of aromatic nitrogens is 2. The van der Waals surface area contributed by atoms with Crippen LogP contribution in [-0.4, -0.2) is 26.9 Å². The van der Waals surface area contributed by atoms with Crippen LogP contribution < -0.4 is 5.56 Å². The van der Waals surface area contributed by atoms with E-state index >= 15 is 0 Å². The van der Waals surface area contributed by atoms with E-state index in [0.29, 0.717) is 28.7 Å². The lowest BCUT2D eigenvalue weighted by Crippen LogP contribution is -2.39. The lowest BCUT2D eigenvalue weighted by Gasteiger charge is -2.32. The smallest absolute Gasteiger partial charge is 0.328 e. The number of aryl methyl sites for hydroxylation is 1. The maximum absolute atomic E-state index is 13.8. The molecule has 11 heteroatoms. The molecule has 1 unspecified atom stereocenters. The molecule has 0 aliphatic carbocycles. The van der Waals surface area contributed by atoms with E-state index in [9.17, 15) is 35.9 Å². The molecule has 0 saturated carbocycles. The summed E-state index contributed by atoms with van der Waals surface area (Å²) in [5.41, 5.74) is -2.58. The Kier molecular flexibility index (Phi) is 8.52. The van der Waals surface area contributed by atoms with Gasteiger partial charge in [0.2, 0.25) is 0 Å². The number of fused-ring (bicyclic) bond motifs is 1. The molecular formula is C31H29F6N3O2. The third-order valence-corrected chi connectivity index (χ3v) is 6.90. The van der Waals surface area contributed by atoms with Gasteiger partial charge in [0.1, 0.15) is 5.82 Å². The second-order valence-corrected chi connectivity index (χ2v) is 10.5. The summed E-state index contributed by atoms with van der Waals surface area (Å²) >= 11 is 0. The number of hydrogen-bond donors (Lipinski definition) is 0. The van der Waals surface area contributed by atoms with E-state index in [-0.39, 0.29) is 24.4 Å². The first-order valence-electron chi connectivity index (χ1n) is 13.3. The summed E-state index contributed by atoms with van der Waals surface area (Å²) < 4.78 is 82.8. The fourth-order valence-electron chi connectivity index (χ4n) is 4.75. The molecule has 0 bridgehead atoms. The van der Waals surface area contributed by atoms with Gasteiger partial charge in [-0.25, -0.2) is 4.98 Å². The van der Waals surface area contributed by atoms with E-state index < -0.39 is 46.6 Å². The van der Waals surface area contributed by atoms with Crippen molar-refractivity contribution < 1.29 is 31.1 Å². The molecule has 4 rings (SSSR count). The minimum Gasteiger partial charge on any atom is -0.328 e. The Bertz CT molecular complexity index is 1620. The van der Waals surface area contributed by atoms with Crippen molar-refractivity contribution in [1.29, 1.82) is 0 Å². The Morgan fingerprint density at radius 3 is 1.98 bits per heavy atom. The fraction of sp³-hybridized carbons (Fsp3) is 0.323. The van der Waals surface area contributed by atoms with Crippen LogP contribution in [0.4, 0.5) is 26.3 Å². The van der Waals surface area contributed by atoms with Crippen molar-refractivity contribution in [2.24, 2.45) is 5.92 Å². The van der Waals surface area contributed by atoms with E-state index in [4.69, 9.17) is 0 Å². The molecule has 0 fully saturated rings. The monoisotopic (exact) mass is 589 g/mol. The first-order valence-corrected chi connectivity index (χ1v) is 13.3. The topological polar surface area (TPSA) is 55.2 Å². The summed E-state index contributed by atoms with van der Waals surface area (Å²) in [6.07, 6.45) is -9.48. The van der Waals surface area contributed by atoms with Gasteiger partial charge < -0.3 is 4.90 Å². The number of halogens is 6. The molecular weight excluding hydrogens is 560 g/mol. The molecule has 3 aromatic carbocycles. The number of benzene rings is 3. The number of carbonyl (C=O) groups excluding carboxylic acids is 1. The Morgan fingerprint density at radius 1 is 0.881 bits per heavy atom. The average Bonchev–Trinajstić information content (AvgIpc) is 2.94. The number of hydrogen-bond acceptors (Lipinski definition) is 3. The van der Waals surface area contributed by atoms with Gasteiger partial charge >= 0.3 is 12.4 Å². The molecule has 4 aromatic rings. The summed E-state index contributed by atoms with van der Waals surface area (Å²) in [7, 11) is 0. The van der Waals surface area contributed by atoms with E-state index in [1.807, 2.05) is 19.1 Å². The molecule has 5 nitrogen and oxygen atoms in total. The summed E-state index contributed by atoms with van der Waals surface area (Å²) in [6.45, 7) is 7.00. The highest BCUT2D eigenvalue weighted by atomic mass is 19.4. The van der Waals surface area contributed by atoms with Gasteiger partial charge in [0, 0.05) is 12.1 Å². The normalized spacial score (nSPS) is 13.0. The predicted molar refractivity (Wildman–Crippen MR) is 147 cm³/mol. The van der Waals surface area contributed by atoms with Gasteiger partial charge in [-0.05, 0) is 67.3 Å². The van der Waals surface area contributed by atoms with Crippen molar-refractivity contribution in [3.05, 3.63) is 105 Å². The third kappa shape index (κ3) is 6.34. The quantitative estimate of drug-likeness (QED) is 0.206. The molecule has 0 saturated heterocycles. The summed E-state index contributed by atoms with van der Waals surface area (Å²) in [4.78, 5) is 33.4. The number of amides is 1. The summed E-state index contributed by atoms with van der Waals surface area (Å²) in [5, 5.41) is 0.308. The lowest BCUT2D eigenvalue weighted by atomic mass is 10.0. The predicted octanol–water partition coefficient (Wildman–Crippen LogP) is 7.85. The zero-order chi connectivity index (χ0) is 31.0. The minimum atomic E-state index is -5.12. The van der Waals surface area contributed by atoms with Crippen molar-refractivity contribution in [1.82, 2.24) is 14.5 Å². The van der Waals surface area contributed by atoms with Crippen molar-refractivity contribution in [3.8, 4) is 5.69 Å². The lowest BCUT2D eigenvalue weighted by molar-refractivity contribution is -0.143. The van der Waals surface area contributed by atoms with Gasteiger partial charge in [-0.3, -0.25) is 14.2 Å². The van der Waals surface area contributed by atoms with Crippen molar-refractivity contribution in [2.45, 2.75) is 52.5 Å². The van der Waals surface area contributed by atoms with Crippen LogP contribution in [0.25, 0.3) is 16.6 Å². The largest absolute Gasteiger partial charge is 0.416 e. The first-order chi connectivity index (χ1) is 19.6. The maximum Gasteiger partial charge on any atom is 0.416 e. The number of alkyl halides is 6. The zero-order valence-electron chi connectivity index (χ0n) is 23.3. The highest BCUT2D eigenvalue weighted by molar-refractivity contribution is 5.95. The van der Waals surface area contributed by atoms with E-state index in [0.717, 1.165) is 16.9 Å². The second-order valence-electron chi connectivity index (χ2n) is 10.5. The molecule has 222 valence electrons. The van der Waals surface area contributed by atoms with Gasteiger partial charge in [-0.15, -0.1) is 0 Å². The van der Waals surface area contributed by atoms with Gasteiger partial charge in [0.15, 0.2) is 0 Å². The molecule has 0 spiro atoms. The van der Waals surface area contributed by atoms with Gasteiger partial charge in [-0.1, -0.05) is 45.0 Å². The number of para-hydroxylation sites is 1. The highest BCUT2D eigenvalue weighted by Crippen LogP contribution is 2.37. The Hall–Kier alpha value is -4.15. The Labute approximate surface area is 238 Å². The van der Waals surface area contributed by atoms with E-state index in [1.54, 1.807) is 57.2 Å². The van der Waals surface area contributed by atoms with Crippen LogP contribution >= 0.6 is 0 Å². The fourth-order valence-corrected chi connectivity index (χ4v) is 4.75. The standard InChI is InChI=1S/C31H29F6N3O2/c1-5-20-10-12-24(13-11-20)40-27(38-26-9-7-6-8-25(26)29(40)42)19(4)39(17-18(2)3)28(41)21-14-22(30(32,33)34)16-23(15-21)31(35,36)37/h6-16,18-19H,5,17H2,1-4H3. The zero-order valence-corrected chi connectivity index (χ0v) is 23.3. The van der Waals surface area contributed by atoms with E-state index in [2.05, 4.69) is 4.98 Å². The molecule has 1 atom stereocenters. The molecule has 0 aliphatic heterocycles.